The lowest BCUT2D eigenvalue weighted by Crippen LogP contribution is -2.21. The van der Waals surface area contributed by atoms with Crippen molar-refractivity contribution in [2.24, 2.45) is 0 Å². The van der Waals surface area contributed by atoms with E-state index in [1.54, 1.807) is 24.3 Å². The summed E-state index contributed by atoms with van der Waals surface area (Å²) in [6, 6.07) is 20.5. The van der Waals surface area contributed by atoms with Gasteiger partial charge in [-0.25, -0.2) is 4.79 Å². The number of rotatable bonds is 6. The van der Waals surface area contributed by atoms with E-state index in [1.807, 2.05) is 36.4 Å². The zero-order valence-electron chi connectivity index (χ0n) is 16.8. The van der Waals surface area contributed by atoms with Gasteiger partial charge >= 0.3 is 5.97 Å². The second-order valence-electron chi connectivity index (χ2n) is 7.25. The maximum Gasteiger partial charge on any atom is 0.351 e. The number of benzene rings is 3. The van der Waals surface area contributed by atoms with Gasteiger partial charge in [0.05, 0.1) is 7.11 Å². The number of fused-ring (bicyclic) bond motifs is 1. The fourth-order valence-electron chi connectivity index (χ4n) is 3.69. The maximum absolute atomic E-state index is 12.5. The van der Waals surface area contributed by atoms with Crippen LogP contribution < -0.4 is 9.47 Å². The second kappa shape index (κ2) is 9.23. The van der Waals surface area contributed by atoms with Crippen LogP contribution in [0.1, 0.15) is 35.6 Å². The molecule has 3 aromatic carbocycles. The summed E-state index contributed by atoms with van der Waals surface area (Å²) >= 11 is 5.91. The third-order valence-corrected chi connectivity index (χ3v) is 5.50. The first kappa shape index (κ1) is 20.3. The first-order valence-corrected chi connectivity index (χ1v) is 10.4. The smallest absolute Gasteiger partial charge is 0.351 e. The molecule has 1 unspecified atom stereocenters. The number of aryl methyl sites for hydroxylation is 1. The number of carbonyl (C=O) groups excluding carboxylic acids is 1. The van der Waals surface area contributed by atoms with Crippen LogP contribution >= 0.6 is 11.6 Å². The summed E-state index contributed by atoms with van der Waals surface area (Å²) < 4.78 is 17.0. The highest BCUT2D eigenvalue weighted by Gasteiger charge is 2.26. The van der Waals surface area contributed by atoms with Crippen LogP contribution in [0, 0.1) is 0 Å². The Kier molecular flexibility index (Phi) is 6.24. The number of hydrogen-bond donors (Lipinski definition) is 0. The van der Waals surface area contributed by atoms with Gasteiger partial charge in [-0.2, -0.15) is 0 Å². The highest BCUT2D eigenvalue weighted by Crippen LogP contribution is 2.33. The standard InChI is InChI=1S/C25H23ClO4/c1-28-25(27)24(30-23-8-4-6-17-5-2-3-7-22(17)23)18-9-13-20(14-10-18)29-21-15-11-19(26)12-16-21/h4,6,8-16,24H,2-3,5,7H2,1H3. The lowest BCUT2D eigenvalue weighted by molar-refractivity contribution is -0.149. The summed E-state index contributed by atoms with van der Waals surface area (Å²) in [7, 11) is 1.37. The molecule has 0 aliphatic heterocycles. The monoisotopic (exact) mass is 422 g/mol. The van der Waals surface area contributed by atoms with E-state index in [1.165, 1.54) is 24.7 Å². The van der Waals surface area contributed by atoms with Gasteiger partial charge in [-0.1, -0.05) is 35.9 Å². The average molecular weight is 423 g/mol. The van der Waals surface area contributed by atoms with Crippen molar-refractivity contribution in [3.8, 4) is 17.2 Å². The summed E-state index contributed by atoms with van der Waals surface area (Å²) in [5.41, 5.74) is 3.20. The minimum absolute atomic E-state index is 0.435. The Morgan fingerprint density at radius 3 is 2.27 bits per heavy atom. The van der Waals surface area contributed by atoms with Gasteiger partial charge in [-0.15, -0.1) is 0 Å². The Bertz CT molecular complexity index is 1010. The highest BCUT2D eigenvalue weighted by molar-refractivity contribution is 6.30. The molecule has 0 saturated heterocycles. The van der Waals surface area contributed by atoms with Crippen LogP contribution in [0.4, 0.5) is 0 Å². The van der Waals surface area contributed by atoms with Crippen LogP contribution in [0.25, 0.3) is 0 Å². The number of methoxy groups -OCH3 is 1. The zero-order valence-corrected chi connectivity index (χ0v) is 17.5. The van der Waals surface area contributed by atoms with Gasteiger partial charge in [-0.05, 0) is 79.3 Å². The van der Waals surface area contributed by atoms with Crippen molar-refractivity contribution < 1.29 is 19.0 Å². The molecule has 0 spiro atoms. The summed E-state index contributed by atoms with van der Waals surface area (Å²) in [6.45, 7) is 0. The topological polar surface area (TPSA) is 44.8 Å². The minimum Gasteiger partial charge on any atom is -0.474 e. The molecule has 0 N–H and O–H groups in total. The zero-order chi connectivity index (χ0) is 20.9. The van der Waals surface area contributed by atoms with Crippen molar-refractivity contribution in [3.63, 3.8) is 0 Å². The summed E-state index contributed by atoms with van der Waals surface area (Å²) in [4.78, 5) is 12.5. The summed E-state index contributed by atoms with van der Waals surface area (Å²) in [5, 5.41) is 0.652. The quantitative estimate of drug-likeness (QED) is 0.437. The largest absolute Gasteiger partial charge is 0.474 e. The van der Waals surface area contributed by atoms with Gasteiger partial charge in [0.25, 0.3) is 0 Å². The van der Waals surface area contributed by atoms with Gasteiger partial charge in [0.1, 0.15) is 17.2 Å². The molecule has 0 saturated carbocycles. The molecule has 0 amide bonds. The molecule has 1 aliphatic carbocycles. The van der Waals surface area contributed by atoms with Crippen LogP contribution in [-0.4, -0.2) is 13.1 Å². The lowest BCUT2D eigenvalue weighted by atomic mass is 9.91. The summed E-state index contributed by atoms with van der Waals surface area (Å²) in [6.07, 6.45) is 3.49. The van der Waals surface area contributed by atoms with Crippen LogP contribution in [0.3, 0.4) is 0 Å². The fourth-order valence-corrected chi connectivity index (χ4v) is 3.82. The highest BCUT2D eigenvalue weighted by atomic mass is 35.5. The van der Waals surface area contributed by atoms with Gasteiger partial charge in [0.2, 0.25) is 6.10 Å². The third kappa shape index (κ3) is 4.60. The van der Waals surface area contributed by atoms with E-state index < -0.39 is 12.1 Å². The van der Waals surface area contributed by atoms with E-state index in [9.17, 15) is 4.79 Å². The van der Waals surface area contributed by atoms with E-state index in [0.29, 0.717) is 22.1 Å². The predicted molar refractivity (Wildman–Crippen MR) is 116 cm³/mol. The molecular formula is C25H23ClO4. The molecule has 154 valence electrons. The lowest BCUT2D eigenvalue weighted by Gasteiger charge is -2.23. The Balaban J connectivity index is 1.55. The molecule has 1 atom stereocenters. The first-order chi connectivity index (χ1) is 14.6. The van der Waals surface area contributed by atoms with Crippen molar-refractivity contribution in [1.82, 2.24) is 0 Å². The molecule has 0 fully saturated rings. The van der Waals surface area contributed by atoms with Crippen molar-refractivity contribution in [3.05, 3.63) is 88.4 Å². The SMILES string of the molecule is COC(=O)C(Oc1cccc2c1CCCC2)c1ccc(Oc2ccc(Cl)cc2)cc1. The van der Waals surface area contributed by atoms with Crippen molar-refractivity contribution in [2.75, 3.05) is 7.11 Å². The van der Waals surface area contributed by atoms with Crippen LogP contribution in [0.5, 0.6) is 17.2 Å². The normalized spacial score (nSPS) is 13.8. The molecule has 0 heterocycles. The molecule has 4 nitrogen and oxygen atoms in total. The van der Waals surface area contributed by atoms with E-state index in [-0.39, 0.29) is 0 Å². The predicted octanol–water partition coefficient (Wildman–Crippen LogP) is 6.30. The van der Waals surface area contributed by atoms with E-state index in [4.69, 9.17) is 25.8 Å². The third-order valence-electron chi connectivity index (χ3n) is 5.25. The number of carbonyl (C=O) groups is 1. The molecule has 0 bridgehead atoms. The van der Waals surface area contributed by atoms with Gasteiger partial charge < -0.3 is 14.2 Å². The van der Waals surface area contributed by atoms with Crippen molar-refractivity contribution in [2.45, 2.75) is 31.8 Å². The molecule has 0 aromatic heterocycles. The van der Waals surface area contributed by atoms with Crippen molar-refractivity contribution >= 4 is 17.6 Å². The number of hydrogen-bond acceptors (Lipinski definition) is 4. The molecule has 4 rings (SSSR count). The number of ether oxygens (including phenoxy) is 3. The second-order valence-corrected chi connectivity index (χ2v) is 7.68. The number of esters is 1. The number of halogens is 1. The molecule has 3 aromatic rings. The fraction of sp³-hybridized carbons (Fsp3) is 0.240. The Hall–Kier alpha value is -2.98. The maximum atomic E-state index is 12.5. The van der Waals surface area contributed by atoms with Gasteiger partial charge in [0, 0.05) is 10.6 Å². The molecule has 5 heteroatoms. The van der Waals surface area contributed by atoms with E-state index in [2.05, 4.69) is 6.07 Å². The Morgan fingerprint density at radius 2 is 1.57 bits per heavy atom. The van der Waals surface area contributed by atoms with Gasteiger partial charge in [-0.3, -0.25) is 0 Å². The van der Waals surface area contributed by atoms with Crippen LogP contribution in [-0.2, 0) is 22.4 Å². The molecular weight excluding hydrogens is 400 g/mol. The molecule has 30 heavy (non-hydrogen) atoms. The van der Waals surface area contributed by atoms with Crippen LogP contribution in [0.2, 0.25) is 5.02 Å². The van der Waals surface area contributed by atoms with E-state index in [0.717, 1.165) is 25.0 Å². The van der Waals surface area contributed by atoms with E-state index >= 15 is 0 Å². The van der Waals surface area contributed by atoms with Crippen LogP contribution in [0.15, 0.2) is 66.7 Å². The Labute approximate surface area is 181 Å². The molecule has 0 radical (unpaired) electrons. The van der Waals surface area contributed by atoms with Gasteiger partial charge in [0.15, 0.2) is 0 Å². The Morgan fingerprint density at radius 1 is 0.900 bits per heavy atom. The molecule has 1 aliphatic rings. The minimum atomic E-state index is -0.840. The summed E-state index contributed by atoms with van der Waals surface area (Å²) in [5.74, 6) is 1.66. The van der Waals surface area contributed by atoms with Crippen molar-refractivity contribution in [1.29, 1.82) is 0 Å². The average Bonchev–Trinajstić information content (AvgIpc) is 2.79. The first-order valence-electron chi connectivity index (χ1n) is 10.0.